The van der Waals surface area contributed by atoms with Crippen molar-refractivity contribution in [2.75, 3.05) is 11.9 Å². The predicted molar refractivity (Wildman–Crippen MR) is 103 cm³/mol. The van der Waals surface area contributed by atoms with Crippen molar-refractivity contribution in [1.29, 1.82) is 0 Å². The molecule has 0 aliphatic heterocycles. The normalized spacial score (nSPS) is 11.6. The number of thiazole rings is 1. The van der Waals surface area contributed by atoms with E-state index in [1.807, 2.05) is 19.9 Å². The SMILES string of the molecule is CCOc1cc2occ(C)c2cc1/C(C)=C/C(=O)Nc1ncc([N+](=O)[O-])s1. The first-order valence-corrected chi connectivity index (χ1v) is 8.95. The zero-order chi connectivity index (χ0) is 19.6. The Kier molecular flexibility index (Phi) is 5.22. The number of aryl methyl sites for hydroxylation is 1. The molecule has 0 unspecified atom stereocenters. The second kappa shape index (κ2) is 7.58. The summed E-state index contributed by atoms with van der Waals surface area (Å²) in [5.74, 6) is 0.189. The van der Waals surface area contributed by atoms with Crippen LogP contribution in [0.4, 0.5) is 10.1 Å². The van der Waals surface area contributed by atoms with Gasteiger partial charge in [-0.3, -0.25) is 20.2 Å². The van der Waals surface area contributed by atoms with Gasteiger partial charge in [-0.05, 0) is 49.3 Å². The molecule has 2 aromatic heterocycles. The molecule has 0 saturated carbocycles. The summed E-state index contributed by atoms with van der Waals surface area (Å²) in [6.07, 6.45) is 4.19. The molecule has 0 atom stereocenters. The molecule has 140 valence electrons. The second-order valence-corrected chi connectivity index (χ2v) is 6.78. The molecular weight excluding hydrogens is 370 g/mol. The van der Waals surface area contributed by atoms with Crippen molar-refractivity contribution < 1.29 is 18.9 Å². The Hall–Kier alpha value is -3.20. The highest BCUT2D eigenvalue weighted by atomic mass is 32.1. The van der Waals surface area contributed by atoms with Gasteiger partial charge in [-0.25, -0.2) is 4.98 Å². The summed E-state index contributed by atoms with van der Waals surface area (Å²) in [5.41, 5.74) is 3.16. The minimum atomic E-state index is -0.550. The molecule has 1 amide bonds. The molecule has 9 heteroatoms. The van der Waals surface area contributed by atoms with Gasteiger partial charge in [0.05, 0.1) is 17.8 Å². The number of benzene rings is 1. The minimum Gasteiger partial charge on any atom is -0.493 e. The maximum absolute atomic E-state index is 12.3. The number of anilines is 1. The molecule has 2 heterocycles. The fraction of sp³-hybridized carbons (Fsp3) is 0.222. The van der Waals surface area contributed by atoms with Gasteiger partial charge in [0.1, 0.15) is 17.5 Å². The number of hydrogen-bond donors (Lipinski definition) is 1. The van der Waals surface area contributed by atoms with Crippen LogP contribution in [0, 0.1) is 17.0 Å². The lowest BCUT2D eigenvalue weighted by molar-refractivity contribution is -0.380. The van der Waals surface area contributed by atoms with Crippen molar-refractivity contribution in [1.82, 2.24) is 4.98 Å². The Morgan fingerprint density at radius 1 is 1.48 bits per heavy atom. The molecule has 0 aliphatic rings. The lowest BCUT2D eigenvalue weighted by Gasteiger charge is -2.11. The van der Waals surface area contributed by atoms with Crippen LogP contribution in [0.2, 0.25) is 0 Å². The number of amides is 1. The highest BCUT2D eigenvalue weighted by molar-refractivity contribution is 7.18. The van der Waals surface area contributed by atoms with Crippen LogP contribution in [0.1, 0.15) is 25.0 Å². The van der Waals surface area contributed by atoms with E-state index in [1.165, 1.54) is 6.08 Å². The van der Waals surface area contributed by atoms with E-state index in [0.29, 0.717) is 23.5 Å². The summed E-state index contributed by atoms with van der Waals surface area (Å²) in [7, 11) is 0. The van der Waals surface area contributed by atoms with E-state index in [-0.39, 0.29) is 10.1 Å². The maximum atomic E-state index is 12.3. The molecule has 1 N–H and O–H groups in total. The topological polar surface area (TPSA) is 108 Å². The maximum Gasteiger partial charge on any atom is 0.345 e. The monoisotopic (exact) mass is 387 g/mol. The smallest absolute Gasteiger partial charge is 0.345 e. The van der Waals surface area contributed by atoms with Gasteiger partial charge >= 0.3 is 5.00 Å². The number of allylic oxidation sites excluding steroid dienone is 1. The highest BCUT2D eigenvalue weighted by Crippen LogP contribution is 2.33. The van der Waals surface area contributed by atoms with E-state index in [2.05, 4.69) is 10.3 Å². The van der Waals surface area contributed by atoms with Crippen LogP contribution < -0.4 is 10.1 Å². The molecule has 0 aliphatic carbocycles. The van der Waals surface area contributed by atoms with Crippen LogP contribution in [-0.2, 0) is 4.79 Å². The van der Waals surface area contributed by atoms with Crippen LogP contribution in [0.5, 0.6) is 5.75 Å². The molecule has 0 spiro atoms. The number of hydrogen-bond acceptors (Lipinski definition) is 7. The number of furan rings is 1. The standard InChI is InChI=1S/C18H17N3O5S/c1-4-25-14-7-15-13(11(3)9-26-15)6-12(14)10(2)5-16(22)20-18-19-8-17(27-18)21(23)24/h5-9H,4H2,1-3H3,(H,19,20,22)/b10-5+. The molecule has 0 fully saturated rings. The van der Waals surface area contributed by atoms with Crippen LogP contribution in [0.3, 0.4) is 0 Å². The van der Waals surface area contributed by atoms with Crippen molar-refractivity contribution in [2.45, 2.75) is 20.8 Å². The summed E-state index contributed by atoms with van der Waals surface area (Å²) in [5, 5.41) is 14.2. The molecule has 3 rings (SSSR count). The number of rotatable bonds is 6. The average Bonchev–Trinajstić information content (AvgIpc) is 3.21. The van der Waals surface area contributed by atoms with Crippen molar-refractivity contribution in [3.8, 4) is 5.75 Å². The Balaban J connectivity index is 1.89. The number of carbonyl (C=O) groups excluding carboxylic acids is 1. The lowest BCUT2D eigenvalue weighted by Crippen LogP contribution is -2.08. The quantitative estimate of drug-likeness (QED) is 0.378. The van der Waals surface area contributed by atoms with E-state index in [9.17, 15) is 14.9 Å². The first-order valence-electron chi connectivity index (χ1n) is 8.13. The Labute approximate surface area is 158 Å². The number of carbonyl (C=O) groups is 1. The van der Waals surface area contributed by atoms with Crippen molar-refractivity contribution in [3.63, 3.8) is 0 Å². The van der Waals surface area contributed by atoms with Gasteiger partial charge in [0.2, 0.25) is 5.91 Å². The third-order valence-electron chi connectivity index (χ3n) is 3.85. The van der Waals surface area contributed by atoms with Gasteiger partial charge in [-0.15, -0.1) is 0 Å². The van der Waals surface area contributed by atoms with Gasteiger partial charge in [-0.2, -0.15) is 0 Å². The number of nitrogens with zero attached hydrogens (tertiary/aromatic N) is 2. The summed E-state index contributed by atoms with van der Waals surface area (Å²) in [6.45, 7) is 6.09. The first-order chi connectivity index (χ1) is 12.9. The van der Waals surface area contributed by atoms with Gasteiger partial charge in [0.25, 0.3) is 0 Å². The number of fused-ring (bicyclic) bond motifs is 1. The van der Waals surface area contributed by atoms with Crippen molar-refractivity contribution in [3.05, 3.63) is 51.9 Å². The minimum absolute atomic E-state index is 0.134. The second-order valence-electron chi connectivity index (χ2n) is 5.77. The van der Waals surface area contributed by atoms with Crippen LogP contribution in [0.15, 0.2) is 35.1 Å². The molecule has 0 bridgehead atoms. The molecular formula is C18H17N3O5S. The van der Waals surface area contributed by atoms with Crippen molar-refractivity contribution >= 4 is 43.9 Å². The van der Waals surface area contributed by atoms with E-state index in [1.54, 1.807) is 19.3 Å². The van der Waals surface area contributed by atoms with Gasteiger partial charge in [0, 0.05) is 23.1 Å². The summed E-state index contributed by atoms with van der Waals surface area (Å²) >= 11 is 0.800. The van der Waals surface area contributed by atoms with Crippen LogP contribution in [-0.4, -0.2) is 22.4 Å². The highest BCUT2D eigenvalue weighted by Gasteiger charge is 2.15. The van der Waals surface area contributed by atoms with E-state index < -0.39 is 10.8 Å². The zero-order valence-corrected chi connectivity index (χ0v) is 15.8. The Morgan fingerprint density at radius 2 is 2.26 bits per heavy atom. The third-order valence-corrected chi connectivity index (χ3v) is 4.71. The largest absolute Gasteiger partial charge is 0.493 e. The van der Waals surface area contributed by atoms with Crippen LogP contribution in [0.25, 0.3) is 16.5 Å². The zero-order valence-electron chi connectivity index (χ0n) is 14.9. The molecule has 3 aromatic rings. The van der Waals surface area contributed by atoms with E-state index >= 15 is 0 Å². The number of aromatic nitrogens is 1. The fourth-order valence-electron chi connectivity index (χ4n) is 2.59. The molecule has 8 nitrogen and oxygen atoms in total. The molecule has 27 heavy (non-hydrogen) atoms. The van der Waals surface area contributed by atoms with Crippen LogP contribution >= 0.6 is 11.3 Å². The Morgan fingerprint density at radius 3 is 2.93 bits per heavy atom. The average molecular weight is 387 g/mol. The Bertz CT molecular complexity index is 1050. The summed E-state index contributed by atoms with van der Waals surface area (Å²) in [6, 6.07) is 3.73. The molecule has 0 saturated heterocycles. The molecule has 1 aromatic carbocycles. The number of nitrogens with one attached hydrogen (secondary N) is 1. The first kappa shape index (κ1) is 18.6. The third kappa shape index (κ3) is 3.98. The van der Waals surface area contributed by atoms with Gasteiger partial charge in [0.15, 0.2) is 5.13 Å². The van der Waals surface area contributed by atoms with Gasteiger partial charge < -0.3 is 9.15 Å². The van der Waals surface area contributed by atoms with Gasteiger partial charge in [-0.1, -0.05) is 0 Å². The fourth-order valence-corrected chi connectivity index (χ4v) is 3.22. The van der Waals surface area contributed by atoms with E-state index in [0.717, 1.165) is 34.0 Å². The van der Waals surface area contributed by atoms with E-state index in [4.69, 9.17) is 9.15 Å². The van der Waals surface area contributed by atoms with Crippen molar-refractivity contribution in [2.24, 2.45) is 0 Å². The predicted octanol–water partition coefficient (Wildman–Crippen LogP) is 4.55. The lowest BCUT2D eigenvalue weighted by atomic mass is 10.0. The number of nitro groups is 1. The summed E-state index contributed by atoms with van der Waals surface area (Å²) in [4.78, 5) is 26.3. The molecule has 0 radical (unpaired) electrons. The number of ether oxygens (including phenoxy) is 1. The summed E-state index contributed by atoms with van der Waals surface area (Å²) < 4.78 is 11.2.